The molecule has 104 valence electrons. The first-order valence-corrected chi connectivity index (χ1v) is 7.30. The van der Waals surface area contributed by atoms with Crippen molar-refractivity contribution in [2.45, 2.75) is 24.4 Å². The van der Waals surface area contributed by atoms with Crippen molar-refractivity contribution in [2.24, 2.45) is 0 Å². The summed E-state index contributed by atoms with van der Waals surface area (Å²) in [6.07, 6.45) is 2.71. The van der Waals surface area contributed by atoms with Crippen LogP contribution in [-0.4, -0.2) is 16.5 Å². The van der Waals surface area contributed by atoms with Gasteiger partial charge in [0.25, 0.3) is 5.56 Å². The van der Waals surface area contributed by atoms with Crippen LogP contribution in [0.1, 0.15) is 17.2 Å². The first-order chi connectivity index (χ1) is 9.75. The molecule has 0 amide bonds. The minimum atomic E-state index is 0.0311. The van der Waals surface area contributed by atoms with Gasteiger partial charge in [-0.2, -0.15) is 0 Å². The number of aromatic nitrogens is 1. The van der Waals surface area contributed by atoms with E-state index in [0.29, 0.717) is 6.54 Å². The molecule has 1 aromatic heterocycles. The lowest BCUT2D eigenvalue weighted by Crippen LogP contribution is -2.31. The van der Waals surface area contributed by atoms with Gasteiger partial charge in [-0.05, 0) is 23.6 Å². The Morgan fingerprint density at radius 2 is 2.00 bits per heavy atom. The summed E-state index contributed by atoms with van der Waals surface area (Å²) in [5.74, 6) is 0. The van der Waals surface area contributed by atoms with Crippen molar-refractivity contribution in [1.29, 1.82) is 0 Å². The van der Waals surface area contributed by atoms with Gasteiger partial charge in [-0.25, -0.2) is 0 Å². The molecule has 1 heterocycles. The van der Waals surface area contributed by atoms with Gasteiger partial charge in [0.1, 0.15) is 0 Å². The number of hydrogen-bond acceptors (Lipinski definition) is 2. The van der Waals surface area contributed by atoms with Crippen molar-refractivity contribution in [3.05, 3.63) is 70.1 Å². The molecule has 3 rings (SSSR count). The molecule has 0 bridgehead atoms. The Morgan fingerprint density at radius 3 is 2.85 bits per heavy atom. The number of rotatable bonds is 4. The highest BCUT2D eigenvalue weighted by atomic mass is 35.5. The summed E-state index contributed by atoms with van der Waals surface area (Å²) in [5.41, 5.74) is 2.64. The molecule has 4 heteroatoms. The molecular weight excluding hydrogens is 272 g/mol. The van der Waals surface area contributed by atoms with E-state index < -0.39 is 0 Å². The van der Waals surface area contributed by atoms with Gasteiger partial charge in [-0.3, -0.25) is 4.79 Å². The van der Waals surface area contributed by atoms with Crippen LogP contribution in [0.15, 0.2) is 53.5 Å². The Hall–Kier alpha value is -1.58. The minimum Gasteiger partial charge on any atom is -0.314 e. The second-order valence-electron chi connectivity index (χ2n) is 5.08. The number of nitrogens with one attached hydrogen (secondary N) is 1. The summed E-state index contributed by atoms with van der Waals surface area (Å²) in [6.45, 7) is 1.38. The maximum absolute atomic E-state index is 11.6. The molecule has 0 saturated carbocycles. The molecule has 1 aliphatic carbocycles. The molecule has 2 unspecified atom stereocenters. The van der Waals surface area contributed by atoms with E-state index >= 15 is 0 Å². The van der Waals surface area contributed by atoms with E-state index in [2.05, 4.69) is 17.4 Å². The molecule has 3 nitrogen and oxygen atoms in total. The summed E-state index contributed by atoms with van der Waals surface area (Å²) in [5, 5.41) is 3.55. The van der Waals surface area contributed by atoms with Crippen molar-refractivity contribution in [1.82, 2.24) is 9.88 Å². The Labute approximate surface area is 123 Å². The molecule has 1 N–H and O–H groups in total. The van der Waals surface area contributed by atoms with E-state index in [1.165, 1.54) is 11.1 Å². The van der Waals surface area contributed by atoms with Crippen molar-refractivity contribution in [2.75, 3.05) is 6.54 Å². The van der Waals surface area contributed by atoms with Gasteiger partial charge in [0.05, 0.1) is 5.38 Å². The monoisotopic (exact) mass is 288 g/mol. The molecule has 1 aliphatic rings. The molecule has 0 radical (unpaired) electrons. The highest BCUT2D eigenvalue weighted by Crippen LogP contribution is 2.34. The second kappa shape index (κ2) is 5.81. The lowest BCUT2D eigenvalue weighted by molar-refractivity contribution is 0.500. The van der Waals surface area contributed by atoms with E-state index in [4.69, 9.17) is 11.6 Å². The number of pyridine rings is 1. The van der Waals surface area contributed by atoms with E-state index in [0.717, 1.165) is 13.0 Å². The van der Waals surface area contributed by atoms with Crippen LogP contribution in [0.3, 0.4) is 0 Å². The molecule has 0 aliphatic heterocycles. The second-order valence-corrected chi connectivity index (χ2v) is 5.64. The summed E-state index contributed by atoms with van der Waals surface area (Å²) < 4.78 is 1.71. The van der Waals surface area contributed by atoms with Gasteiger partial charge in [0.2, 0.25) is 0 Å². The van der Waals surface area contributed by atoms with Crippen molar-refractivity contribution in [3.8, 4) is 0 Å². The zero-order chi connectivity index (χ0) is 13.9. The van der Waals surface area contributed by atoms with Crippen LogP contribution in [0.5, 0.6) is 0 Å². The largest absolute Gasteiger partial charge is 0.314 e. The van der Waals surface area contributed by atoms with Gasteiger partial charge >= 0.3 is 0 Å². The van der Waals surface area contributed by atoms with Gasteiger partial charge < -0.3 is 9.88 Å². The zero-order valence-corrected chi connectivity index (χ0v) is 11.9. The van der Waals surface area contributed by atoms with E-state index in [1.54, 1.807) is 16.7 Å². The maximum atomic E-state index is 11.6. The molecule has 0 saturated heterocycles. The summed E-state index contributed by atoms with van der Waals surface area (Å²) in [6, 6.07) is 13.7. The molecular formula is C16H17ClN2O. The predicted octanol–water partition coefficient (Wildman–Crippen LogP) is 2.34. The van der Waals surface area contributed by atoms with Crippen molar-refractivity contribution >= 4 is 11.6 Å². The third-order valence-corrected chi connectivity index (χ3v) is 4.19. The van der Waals surface area contributed by atoms with Gasteiger partial charge in [-0.15, -0.1) is 11.6 Å². The zero-order valence-electron chi connectivity index (χ0n) is 11.1. The molecule has 2 atom stereocenters. The Kier molecular flexibility index (Phi) is 3.90. The van der Waals surface area contributed by atoms with E-state index in [1.807, 2.05) is 24.4 Å². The third-order valence-electron chi connectivity index (χ3n) is 3.78. The van der Waals surface area contributed by atoms with Crippen LogP contribution in [-0.2, 0) is 13.0 Å². The lowest BCUT2D eigenvalue weighted by atomic mass is 10.1. The lowest BCUT2D eigenvalue weighted by Gasteiger charge is -2.17. The highest BCUT2D eigenvalue weighted by molar-refractivity contribution is 6.21. The van der Waals surface area contributed by atoms with Crippen molar-refractivity contribution < 1.29 is 0 Å². The minimum absolute atomic E-state index is 0.0311. The fourth-order valence-electron chi connectivity index (χ4n) is 2.77. The Bertz CT molecular complexity index is 653. The van der Waals surface area contributed by atoms with Crippen LogP contribution < -0.4 is 10.9 Å². The molecule has 1 aromatic carbocycles. The quantitative estimate of drug-likeness (QED) is 0.876. The Balaban J connectivity index is 1.65. The molecule has 2 aromatic rings. The first kappa shape index (κ1) is 13.4. The number of hydrogen-bond donors (Lipinski definition) is 1. The molecule has 0 spiro atoms. The average Bonchev–Trinajstić information content (AvgIpc) is 2.77. The standard InChI is InChI=1S/C16H17ClN2O/c17-14-11-12-5-1-2-6-13(12)16(14)18-8-10-19-9-4-3-7-15(19)20/h1-7,9,14,16,18H,8,10-11H2. The predicted molar refractivity (Wildman–Crippen MR) is 81.2 cm³/mol. The first-order valence-electron chi connectivity index (χ1n) is 6.86. The SMILES string of the molecule is O=c1ccccn1CCNC1c2ccccc2CC1Cl. The normalized spacial score (nSPS) is 20.9. The van der Waals surface area contributed by atoms with Gasteiger partial charge in [0, 0.05) is 31.4 Å². The van der Waals surface area contributed by atoms with Crippen LogP contribution in [0, 0.1) is 0 Å². The molecule has 0 fully saturated rings. The fraction of sp³-hybridized carbons (Fsp3) is 0.312. The Morgan fingerprint density at radius 1 is 1.20 bits per heavy atom. The summed E-state index contributed by atoms with van der Waals surface area (Å²) >= 11 is 6.43. The van der Waals surface area contributed by atoms with E-state index in [9.17, 15) is 4.79 Å². The summed E-state index contributed by atoms with van der Waals surface area (Å²) in [4.78, 5) is 11.6. The van der Waals surface area contributed by atoms with Crippen LogP contribution in [0.4, 0.5) is 0 Å². The van der Waals surface area contributed by atoms with Crippen LogP contribution >= 0.6 is 11.6 Å². The van der Waals surface area contributed by atoms with Gasteiger partial charge in [0.15, 0.2) is 0 Å². The fourth-order valence-corrected chi connectivity index (χ4v) is 3.16. The van der Waals surface area contributed by atoms with E-state index in [-0.39, 0.29) is 17.0 Å². The van der Waals surface area contributed by atoms with Gasteiger partial charge in [-0.1, -0.05) is 30.3 Å². The maximum Gasteiger partial charge on any atom is 0.250 e. The van der Waals surface area contributed by atoms with Crippen LogP contribution in [0.2, 0.25) is 0 Å². The number of alkyl halides is 1. The average molecular weight is 289 g/mol. The number of nitrogens with zero attached hydrogens (tertiary/aromatic N) is 1. The molecule has 20 heavy (non-hydrogen) atoms. The number of halogens is 1. The topological polar surface area (TPSA) is 34.0 Å². The smallest absolute Gasteiger partial charge is 0.250 e. The highest BCUT2D eigenvalue weighted by Gasteiger charge is 2.29. The number of fused-ring (bicyclic) bond motifs is 1. The number of benzene rings is 1. The van der Waals surface area contributed by atoms with Crippen LogP contribution in [0.25, 0.3) is 0 Å². The van der Waals surface area contributed by atoms with Crippen molar-refractivity contribution in [3.63, 3.8) is 0 Å². The summed E-state index contributed by atoms with van der Waals surface area (Å²) in [7, 11) is 0. The third kappa shape index (κ3) is 2.65.